The molecule has 0 radical (unpaired) electrons. The summed E-state index contributed by atoms with van der Waals surface area (Å²) in [5.74, 6) is -0.0903. The number of rotatable bonds is 3. The molecule has 0 aliphatic rings. The molecule has 1 atom stereocenters. The van der Waals surface area contributed by atoms with Gasteiger partial charge in [-0.05, 0) is 13.8 Å². The maximum atomic E-state index is 10.6. The van der Waals surface area contributed by atoms with Crippen molar-refractivity contribution < 1.29 is 9.90 Å². The SMILES string of the molecule is CCNC(=O)C[C@H](C)O. The van der Waals surface area contributed by atoms with Gasteiger partial charge in [-0.3, -0.25) is 4.79 Å². The molecule has 0 saturated carbocycles. The van der Waals surface area contributed by atoms with E-state index in [1.165, 1.54) is 0 Å². The second kappa shape index (κ2) is 4.32. The highest BCUT2D eigenvalue weighted by Gasteiger charge is 2.02. The number of amides is 1. The first-order valence-electron chi connectivity index (χ1n) is 3.11. The quantitative estimate of drug-likeness (QED) is 0.561. The number of aliphatic hydroxyl groups excluding tert-OH is 1. The highest BCUT2D eigenvalue weighted by atomic mass is 16.3. The van der Waals surface area contributed by atoms with Gasteiger partial charge in [0.15, 0.2) is 0 Å². The second-order valence-electron chi connectivity index (χ2n) is 2.01. The molecule has 0 fully saturated rings. The lowest BCUT2D eigenvalue weighted by Crippen LogP contribution is -2.25. The van der Waals surface area contributed by atoms with Crippen LogP contribution in [-0.2, 0) is 4.79 Å². The zero-order valence-corrected chi connectivity index (χ0v) is 5.85. The predicted molar refractivity (Wildman–Crippen MR) is 35.0 cm³/mol. The fourth-order valence-corrected chi connectivity index (χ4v) is 0.538. The Morgan fingerprint density at radius 1 is 1.78 bits per heavy atom. The van der Waals surface area contributed by atoms with Gasteiger partial charge in [-0.15, -0.1) is 0 Å². The van der Waals surface area contributed by atoms with Crippen molar-refractivity contribution in [3.05, 3.63) is 0 Å². The van der Waals surface area contributed by atoms with Crippen LogP contribution in [0.15, 0.2) is 0 Å². The number of carbonyl (C=O) groups is 1. The summed E-state index contributed by atoms with van der Waals surface area (Å²) in [5.41, 5.74) is 0. The van der Waals surface area contributed by atoms with E-state index < -0.39 is 6.10 Å². The van der Waals surface area contributed by atoms with Gasteiger partial charge in [0.25, 0.3) is 0 Å². The van der Waals surface area contributed by atoms with Crippen LogP contribution in [0.4, 0.5) is 0 Å². The van der Waals surface area contributed by atoms with E-state index in [4.69, 9.17) is 5.11 Å². The van der Waals surface area contributed by atoms with E-state index in [1.54, 1.807) is 6.92 Å². The van der Waals surface area contributed by atoms with E-state index in [9.17, 15) is 4.79 Å². The number of hydrogen-bond donors (Lipinski definition) is 2. The second-order valence-corrected chi connectivity index (χ2v) is 2.01. The van der Waals surface area contributed by atoms with Crippen LogP contribution >= 0.6 is 0 Å². The van der Waals surface area contributed by atoms with E-state index in [0.717, 1.165) is 0 Å². The lowest BCUT2D eigenvalue weighted by Gasteiger charge is -2.02. The Kier molecular flexibility index (Phi) is 4.05. The van der Waals surface area contributed by atoms with E-state index in [0.29, 0.717) is 6.54 Å². The first-order chi connectivity index (χ1) is 4.16. The van der Waals surface area contributed by atoms with Crippen molar-refractivity contribution in [2.45, 2.75) is 26.4 Å². The predicted octanol–water partition coefficient (Wildman–Crippen LogP) is -0.107. The largest absolute Gasteiger partial charge is 0.393 e. The molecule has 54 valence electrons. The molecule has 0 rings (SSSR count). The number of hydrogen-bond acceptors (Lipinski definition) is 2. The third kappa shape index (κ3) is 5.30. The molecule has 0 aromatic carbocycles. The lowest BCUT2D eigenvalue weighted by atomic mass is 10.3. The van der Waals surface area contributed by atoms with E-state index in [2.05, 4.69) is 5.32 Å². The summed E-state index contributed by atoms with van der Waals surface area (Å²) in [6.45, 7) is 4.07. The van der Waals surface area contributed by atoms with Crippen LogP contribution in [0.25, 0.3) is 0 Å². The maximum Gasteiger partial charge on any atom is 0.222 e. The molecule has 2 N–H and O–H groups in total. The van der Waals surface area contributed by atoms with Gasteiger partial charge in [0.05, 0.1) is 12.5 Å². The van der Waals surface area contributed by atoms with Gasteiger partial charge < -0.3 is 10.4 Å². The zero-order chi connectivity index (χ0) is 7.28. The van der Waals surface area contributed by atoms with Gasteiger partial charge in [-0.25, -0.2) is 0 Å². The first kappa shape index (κ1) is 8.43. The van der Waals surface area contributed by atoms with Gasteiger partial charge in [-0.2, -0.15) is 0 Å². The molecule has 0 saturated heterocycles. The fraction of sp³-hybridized carbons (Fsp3) is 0.833. The van der Waals surface area contributed by atoms with Crippen molar-refractivity contribution in [3.8, 4) is 0 Å². The van der Waals surface area contributed by atoms with E-state index in [1.807, 2.05) is 6.92 Å². The molecule has 3 heteroatoms. The molecule has 0 unspecified atom stereocenters. The summed E-state index contributed by atoms with van der Waals surface area (Å²) in [4.78, 5) is 10.6. The van der Waals surface area contributed by atoms with Crippen LogP contribution in [0.3, 0.4) is 0 Å². The molecule has 1 amide bonds. The molecule has 0 bridgehead atoms. The van der Waals surface area contributed by atoms with Crippen LogP contribution in [0.2, 0.25) is 0 Å². The van der Waals surface area contributed by atoms with Crippen molar-refractivity contribution in [2.24, 2.45) is 0 Å². The van der Waals surface area contributed by atoms with Crippen LogP contribution < -0.4 is 5.32 Å². The molecule has 0 aromatic rings. The minimum atomic E-state index is -0.531. The molecule has 0 aromatic heterocycles. The van der Waals surface area contributed by atoms with E-state index >= 15 is 0 Å². The summed E-state index contributed by atoms with van der Waals surface area (Å²) in [6, 6.07) is 0. The summed E-state index contributed by atoms with van der Waals surface area (Å²) in [6.07, 6.45) is -0.329. The van der Waals surface area contributed by atoms with Crippen molar-refractivity contribution in [3.63, 3.8) is 0 Å². The maximum absolute atomic E-state index is 10.6. The zero-order valence-electron chi connectivity index (χ0n) is 5.85. The van der Waals surface area contributed by atoms with Crippen molar-refractivity contribution in [2.75, 3.05) is 6.54 Å². The highest BCUT2D eigenvalue weighted by molar-refractivity contribution is 5.76. The Bertz CT molecular complexity index is 91.1. The molecule has 0 aliphatic carbocycles. The number of nitrogens with one attached hydrogen (secondary N) is 1. The monoisotopic (exact) mass is 131 g/mol. The number of aliphatic hydroxyl groups is 1. The molecule has 9 heavy (non-hydrogen) atoms. The molecular weight excluding hydrogens is 118 g/mol. The Labute approximate surface area is 55.1 Å². The van der Waals surface area contributed by atoms with Crippen LogP contribution in [-0.4, -0.2) is 23.7 Å². The smallest absolute Gasteiger partial charge is 0.222 e. The third-order valence-electron chi connectivity index (χ3n) is 0.855. The van der Waals surface area contributed by atoms with Gasteiger partial charge in [0.2, 0.25) is 5.91 Å². The Hall–Kier alpha value is -0.570. The minimum absolute atomic E-state index is 0.0903. The Morgan fingerprint density at radius 3 is 2.67 bits per heavy atom. The standard InChI is InChI=1S/C6H13NO2/c1-3-7-6(9)4-5(2)8/h5,8H,3-4H2,1-2H3,(H,7,9)/t5-/m0/s1. The summed E-state index contributed by atoms with van der Waals surface area (Å²) >= 11 is 0. The number of carbonyl (C=O) groups excluding carboxylic acids is 1. The topological polar surface area (TPSA) is 49.3 Å². The molecular formula is C6H13NO2. The minimum Gasteiger partial charge on any atom is -0.393 e. The van der Waals surface area contributed by atoms with Crippen LogP contribution in [0.5, 0.6) is 0 Å². The van der Waals surface area contributed by atoms with Gasteiger partial charge in [0.1, 0.15) is 0 Å². The highest BCUT2D eigenvalue weighted by Crippen LogP contribution is 1.86. The van der Waals surface area contributed by atoms with Crippen molar-refractivity contribution >= 4 is 5.91 Å². The van der Waals surface area contributed by atoms with Crippen molar-refractivity contribution in [1.82, 2.24) is 5.32 Å². The average Bonchev–Trinajstić information content (AvgIpc) is 1.63. The molecule has 0 heterocycles. The lowest BCUT2D eigenvalue weighted by molar-refractivity contribution is -0.122. The Balaban J connectivity index is 3.27. The summed E-state index contributed by atoms with van der Waals surface area (Å²) in [5, 5.41) is 11.3. The van der Waals surface area contributed by atoms with Crippen LogP contribution in [0, 0.1) is 0 Å². The first-order valence-corrected chi connectivity index (χ1v) is 3.11. The Morgan fingerprint density at radius 2 is 2.33 bits per heavy atom. The summed E-state index contributed by atoms with van der Waals surface area (Å²) in [7, 11) is 0. The van der Waals surface area contributed by atoms with Gasteiger partial charge in [-0.1, -0.05) is 0 Å². The average molecular weight is 131 g/mol. The normalized spacial score (nSPS) is 12.8. The van der Waals surface area contributed by atoms with Gasteiger partial charge >= 0.3 is 0 Å². The summed E-state index contributed by atoms with van der Waals surface area (Å²) < 4.78 is 0. The fourth-order valence-electron chi connectivity index (χ4n) is 0.538. The molecule has 0 aliphatic heterocycles. The molecule has 3 nitrogen and oxygen atoms in total. The van der Waals surface area contributed by atoms with Crippen molar-refractivity contribution in [1.29, 1.82) is 0 Å². The third-order valence-corrected chi connectivity index (χ3v) is 0.855. The molecule has 0 spiro atoms. The van der Waals surface area contributed by atoms with E-state index in [-0.39, 0.29) is 12.3 Å². The van der Waals surface area contributed by atoms with Gasteiger partial charge in [0, 0.05) is 6.54 Å². The van der Waals surface area contributed by atoms with Crippen LogP contribution in [0.1, 0.15) is 20.3 Å².